The maximum atomic E-state index is 12.0. The van der Waals surface area contributed by atoms with E-state index in [4.69, 9.17) is 39.5 Å². The van der Waals surface area contributed by atoms with Gasteiger partial charge in [0, 0.05) is 27.9 Å². The van der Waals surface area contributed by atoms with E-state index in [2.05, 4.69) is 10.1 Å². The van der Waals surface area contributed by atoms with Gasteiger partial charge in [0.1, 0.15) is 18.8 Å². The predicted molar refractivity (Wildman–Crippen MR) is 89.9 cm³/mol. The first kappa shape index (κ1) is 18.0. The van der Waals surface area contributed by atoms with Crippen LogP contribution in [0.5, 0.6) is 0 Å². The van der Waals surface area contributed by atoms with E-state index in [1.165, 1.54) is 6.33 Å². The number of benzene rings is 1. The lowest BCUT2D eigenvalue weighted by Crippen LogP contribution is -2.17. The molecule has 0 aliphatic carbocycles. The van der Waals surface area contributed by atoms with Crippen molar-refractivity contribution in [2.45, 2.75) is 31.9 Å². The highest BCUT2D eigenvalue weighted by Crippen LogP contribution is 2.30. The molecule has 5 nitrogen and oxygen atoms in total. The van der Waals surface area contributed by atoms with Crippen molar-refractivity contribution in [3.63, 3.8) is 0 Å². The fraction of sp³-hybridized carbons (Fsp3) is 0.400. The summed E-state index contributed by atoms with van der Waals surface area (Å²) in [6.45, 7) is 0.322. The van der Waals surface area contributed by atoms with Crippen molar-refractivity contribution in [3.8, 4) is 0 Å². The highest BCUT2D eigenvalue weighted by molar-refractivity contribution is 6.35. The molecule has 0 amide bonds. The Morgan fingerprint density at radius 2 is 2.13 bits per heavy atom. The third-order valence-corrected chi connectivity index (χ3v) is 4.00. The molecule has 0 bridgehead atoms. The lowest BCUT2D eigenvalue weighted by atomic mass is 10.1. The molecule has 1 atom stereocenters. The molecule has 0 spiro atoms. The van der Waals surface area contributed by atoms with Crippen LogP contribution in [0.1, 0.15) is 30.9 Å². The summed E-state index contributed by atoms with van der Waals surface area (Å²) >= 11 is 17.8. The van der Waals surface area contributed by atoms with Crippen LogP contribution in [-0.4, -0.2) is 26.6 Å². The Hall–Kier alpha value is -1.30. The van der Waals surface area contributed by atoms with Crippen molar-refractivity contribution in [2.24, 2.45) is 0 Å². The zero-order chi connectivity index (χ0) is 16.7. The van der Waals surface area contributed by atoms with Gasteiger partial charge in [-0.2, -0.15) is 5.10 Å². The quantitative estimate of drug-likeness (QED) is 0.392. The van der Waals surface area contributed by atoms with Gasteiger partial charge in [0.2, 0.25) is 0 Å². The number of hydrogen-bond donors (Lipinski definition) is 0. The topological polar surface area (TPSA) is 57.0 Å². The Morgan fingerprint density at radius 1 is 1.30 bits per heavy atom. The van der Waals surface area contributed by atoms with Crippen LogP contribution in [0, 0.1) is 0 Å². The van der Waals surface area contributed by atoms with Crippen LogP contribution < -0.4 is 0 Å². The van der Waals surface area contributed by atoms with E-state index >= 15 is 0 Å². The number of nitrogens with zero attached hydrogens (tertiary/aromatic N) is 3. The summed E-state index contributed by atoms with van der Waals surface area (Å²) in [5.41, 5.74) is 0.678. The molecule has 2 rings (SSSR count). The molecule has 1 heterocycles. The summed E-state index contributed by atoms with van der Waals surface area (Å²) in [4.78, 5) is 15.9. The highest BCUT2D eigenvalue weighted by atomic mass is 35.5. The van der Waals surface area contributed by atoms with Gasteiger partial charge < -0.3 is 4.74 Å². The van der Waals surface area contributed by atoms with Crippen LogP contribution in [0.4, 0.5) is 0 Å². The Balaban J connectivity index is 2.12. The standard InChI is InChI=1S/C15H16Cl3N3O2/c16-6-2-1-3-15(22)23-14(8-21-10-19-9-20-21)12-5-4-11(17)7-13(12)18/h4-5,7,9-10,14H,1-3,6,8H2. The number of unbranched alkanes of at least 4 members (excludes halogenated alkanes) is 1. The zero-order valence-electron chi connectivity index (χ0n) is 12.3. The molecule has 1 aromatic carbocycles. The van der Waals surface area contributed by atoms with Gasteiger partial charge in [0.25, 0.3) is 0 Å². The minimum atomic E-state index is -0.565. The van der Waals surface area contributed by atoms with Crippen LogP contribution in [0.25, 0.3) is 0 Å². The van der Waals surface area contributed by atoms with E-state index in [0.717, 1.165) is 6.42 Å². The summed E-state index contributed by atoms with van der Waals surface area (Å²) in [6, 6.07) is 5.07. The summed E-state index contributed by atoms with van der Waals surface area (Å²) in [5.74, 6) is 0.227. The second-order valence-electron chi connectivity index (χ2n) is 4.91. The Kier molecular flexibility index (Phi) is 7.15. The lowest BCUT2D eigenvalue weighted by molar-refractivity contribution is -0.150. The first-order chi connectivity index (χ1) is 11.1. The molecule has 23 heavy (non-hydrogen) atoms. The average molecular weight is 377 g/mol. The van der Waals surface area contributed by atoms with Crippen LogP contribution >= 0.6 is 34.8 Å². The maximum absolute atomic E-state index is 12.0. The van der Waals surface area contributed by atoms with Gasteiger partial charge in [-0.05, 0) is 25.0 Å². The number of ether oxygens (including phenoxy) is 1. The monoisotopic (exact) mass is 375 g/mol. The summed E-state index contributed by atoms with van der Waals surface area (Å²) in [6.07, 6.45) is 4.18. The van der Waals surface area contributed by atoms with Gasteiger partial charge in [-0.3, -0.25) is 4.79 Å². The third-order valence-electron chi connectivity index (χ3n) is 3.17. The minimum absolute atomic E-state index is 0.300. The van der Waals surface area contributed by atoms with Crippen LogP contribution in [-0.2, 0) is 16.1 Å². The molecule has 1 aromatic heterocycles. The van der Waals surface area contributed by atoms with Gasteiger partial charge >= 0.3 is 5.97 Å². The van der Waals surface area contributed by atoms with E-state index < -0.39 is 6.10 Å². The van der Waals surface area contributed by atoms with E-state index in [1.807, 2.05) is 0 Å². The van der Waals surface area contributed by atoms with Gasteiger partial charge in [0.15, 0.2) is 0 Å². The van der Waals surface area contributed by atoms with E-state index in [9.17, 15) is 4.79 Å². The number of alkyl halides is 1. The van der Waals surface area contributed by atoms with Crippen molar-refractivity contribution >= 4 is 40.8 Å². The highest BCUT2D eigenvalue weighted by Gasteiger charge is 2.20. The molecule has 0 N–H and O–H groups in total. The molecule has 8 heteroatoms. The number of carbonyl (C=O) groups is 1. The zero-order valence-corrected chi connectivity index (χ0v) is 14.6. The predicted octanol–water partition coefficient (Wildman–Crippen LogP) is 4.28. The SMILES string of the molecule is O=C(CCCCCl)OC(Cn1cncn1)c1ccc(Cl)cc1Cl. The largest absolute Gasteiger partial charge is 0.455 e. The first-order valence-corrected chi connectivity index (χ1v) is 8.42. The summed E-state index contributed by atoms with van der Waals surface area (Å²) in [7, 11) is 0. The smallest absolute Gasteiger partial charge is 0.306 e. The molecule has 1 unspecified atom stereocenters. The normalized spacial score (nSPS) is 12.1. The average Bonchev–Trinajstić information content (AvgIpc) is 3.00. The van der Waals surface area contributed by atoms with E-state index in [1.54, 1.807) is 29.2 Å². The van der Waals surface area contributed by atoms with Crippen molar-refractivity contribution in [1.29, 1.82) is 0 Å². The number of aromatic nitrogens is 3. The summed E-state index contributed by atoms with van der Waals surface area (Å²) < 4.78 is 7.16. The van der Waals surface area contributed by atoms with Crippen LogP contribution in [0.15, 0.2) is 30.9 Å². The molecule has 0 fully saturated rings. The Bertz CT molecular complexity index is 635. The number of halogens is 3. The Morgan fingerprint density at radius 3 is 2.78 bits per heavy atom. The van der Waals surface area contributed by atoms with Gasteiger partial charge in [0.05, 0.1) is 6.54 Å². The maximum Gasteiger partial charge on any atom is 0.306 e. The number of hydrogen-bond acceptors (Lipinski definition) is 4. The molecule has 0 aliphatic rings. The van der Waals surface area contributed by atoms with Gasteiger partial charge in [-0.1, -0.05) is 29.3 Å². The molecule has 0 saturated carbocycles. The van der Waals surface area contributed by atoms with Crippen molar-refractivity contribution in [3.05, 3.63) is 46.5 Å². The number of esters is 1. The van der Waals surface area contributed by atoms with Crippen LogP contribution in [0.3, 0.4) is 0 Å². The number of carbonyl (C=O) groups excluding carboxylic acids is 1. The summed E-state index contributed by atoms with van der Waals surface area (Å²) in [5, 5.41) is 5.00. The fourth-order valence-electron chi connectivity index (χ4n) is 2.04. The second kappa shape index (κ2) is 9.11. The molecule has 0 saturated heterocycles. The second-order valence-corrected chi connectivity index (χ2v) is 6.13. The molecule has 2 aromatic rings. The van der Waals surface area contributed by atoms with Gasteiger partial charge in [-0.25, -0.2) is 9.67 Å². The lowest BCUT2D eigenvalue weighted by Gasteiger charge is -2.19. The first-order valence-electron chi connectivity index (χ1n) is 7.13. The van der Waals surface area contributed by atoms with Crippen LogP contribution in [0.2, 0.25) is 10.0 Å². The molecular weight excluding hydrogens is 361 g/mol. The van der Waals surface area contributed by atoms with Crippen molar-refractivity contribution < 1.29 is 9.53 Å². The third kappa shape index (κ3) is 5.68. The molecular formula is C15H16Cl3N3O2. The fourth-order valence-corrected chi connectivity index (χ4v) is 2.76. The van der Waals surface area contributed by atoms with Crippen molar-refractivity contribution in [1.82, 2.24) is 14.8 Å². The Labute approximate surface area is 149 Å². The number of rotatable bonds is 8. The minimum Gasteiger partial charge on any atom is -0.455 e. The molecule has 0 radical (unpaired) electrons. The molecule has 0 aliphatic heterocycles. The molecule has 124 valence electrons. The van der Waals surface area contributed by atoms with E-state index in [-0.39, 0.29) is 5.97 Å². The van der Waals surface area contributed by atoms with Crippen molar-refractivity contribution in [2.75, 3.05) is 5.88 Å². The van der Waals surface area contributed by atoms with Gasteiger partial charge in [-0.15, -0.1) is 11.6 Å². The van der Waals surface area contributed by atoms with E-state index in [0.29, 0.717) is 40.9 Å².